The highest BCUT2D eigenvalue weighted by atomic mass is 79.9. The number of benzene rings is 1. The Morgan fingerprint density at radius 2 is 1.94 bits per heavy atom. The molecule has 1 saturated carbocycles. The summed E-state index contributed by atoms with van der Waals surface area (Å²) in [5, 5.41) is 0.811. The lowest BCUT2D eigenvalue weighted by molar-refractivity contribution is 0.166. The highest BCUT2D eigenvalue weighted by Crippen LogP contribution is 2.46. The van der Waals surface area contributed by atoms with Crippen LogP contribution in [0.25, 0.3) is 0 Å². The van der Waals surface area contributed by atoms with Gasteiger partial charge in [-0.2, -0.15) is 0 Å². The molecule has 1 aliphatic carbocycles. The van der Waals surface area contributed by atoms with Crippen LogP contribution in [0.2, 0.25) is 0 Å². The average molecular weight is 354 g/mol. The molecule has 0 unspecified atom stereocenters. The van der Waals surface area contributed by atoms with Crippen molar-refractivity contribution >= 4 is 31.9 Å². The molecule has 1 aromatic rings. The monoisotopic (exact) mass is 352 g/mol. The van der Waals surface area contributed by atoms with Crippen molar-refractivity contribution in [3.8, 4) is 0 Å². The van der Waals surface area contributed by atoms with Gasteiger partial charge in [0.1, 0.15) is 11.6 Å². The Morgan fingerprint density at radius 3 is 2.44 bits per heavy atom. The van der Waals surface area contributed by atoms with Gasteiger partial charge in [-0.05, 0) is 52.7 Å². The van der Waals surface area contributed by atoms with E-state index in [1.54, 1.807) is 0 Å². The smallest absolute Gasteiger partial charge is 0.143 e. The van der Waals surface area contributed by atoms with Crippen LogP contribution in [0.4, 0.5) is 8.78 Å². The molecule has 0 spiro atoms. The molecule has 0 saturated heterocycles. The van der Waals surface area contributed by atoms with E-state index in [0.717, 1.165) is 24.6 Å². The van der Waals surface area contributed by atoms with Gasteiger partial charge in [0.15, 0.2) is 0 Å². The minimum atomic E-state index is -0.452. The van der Waals surface area contributed by atoms with E-state index in [2.05, 4.69) is 31.9 Å². The molecule has 0 N–H and O–H groups in total. The molecular weight excluding hydrogens is 342 g/mol. The standard InChI is InChI=1S/C12H12Br2F2/c13-7-12(4-1-5-12)6-8-10(15)3-2-9(14)11(8)16/h2-3H,1,4-7H2. The maximum Gasteiger partial charge on any atom is 0.143 e. The molecule has 1 aromatic carbocycles. The third-order valence-corrected chi connectivity index (χ3v) is 5.19. The molecule has 0 radical (unpaired) electrons. The molecule has 0 heterocycles. The topological polar surface area (TPSA) is 0 Å². The Bertz CT molecular complexity index is 395. The summed E-state index contributed by atoms with van der Waals surface area (Å²) in [6.45, 7) is 0. The summed E-state index contributed by atoms with van der Waals surface area (Å²) in [6.07, 6.45) is 3.73. The molecule has 0 atom stereocenters. The van der Waals surface area contributed by atoms with Gasteiger partial charge >= 0.3 is 0 Å². The second-order valence-corrected chi connectivity index (χ2v) is 5.90. The second kappa shape index (κ2) is 4.73. The molecule has 4 heteroatoms. The molecule has 88 valence electrons. The van der Waals surface area contributed by atoms with Crippen LogP contribution < -0.4 is 0 Å². The van der Waals surface area contributed by atoms with E-state index in [0.29, 0.717) is 10.9 Å². The summed E-state index contributed by atoms with van der Waals surface area (Å²) in [5.74, 6) is -0.889. The van der Waals surface area contributed by atoms with Crippen molar-refractivity contribution in [2.75, 3.05) is 5.33 Å². The first-order valence-corrected chi connectivity index (χ1v) is 7.18. The molecular formula is C12H12Br2F2. The van der Waals surface area contributed by atoms with Crippen LogP contribution >= 0.6 is 31.9 Å². The number of hydrogen-bond donors (Lipinski definition) is 0. The minimum absolute atomic E-state index is 0.0580. The van der Waals surface area contributed by atoms with E-state index in [4.69, 9.17) is 0 Å². The van der Waals surface area contributed by atoms with Crippen molar-refractivity contribution in [3.63, 3.8) is 0 Å². The lowest BCUT2D eigenvalue weighted by Crippen LogP contribution is -2.34. The van der Waals surface area contributed by atoms with E-state index < -0.39 is 11.6 Å². The molecule has 0 aliphatic heterocycles. The predicted octanol–water partition coefficient (Wildman–Crippen LogP) is 4.84. The fourth-order valence-corrected chi connectivity index (χ4v) is 3.27. The molecule has 2 rings (SSSR count). The first kappa shape index (κ1) is 12.5. The molecule has 16 heavy (non-hydrogen) atoms. The quantitative estimate of drug-likeness (QED) is 0.539. The molecule has 0 bridgehead atoms. The van der Waals surface area contributed by atoms with Gasteiger partial charge in [0.25, 0.3) is 0 Å². The van der Waals surface area contributed by atoms with E-state index in [-0.39, 0.29) is 11.0 Å². The highest BCUT2D eigenvalue weighted by molar-refractivity contribution is 9.10. The van der Waals surface area contributed by atoms with Crippen molar-refractivity contribution in [1.29, 1.82) is 0 Å². The van der Waals surface area contributed by atoms with E-state index >= 15 is 0 Å². The average Bonchev–Trinajstić information content (AvgIpc) is 2.22. The Morgan fingerprint density at radius 1 is 1.25 bits per heavy atom. The summed E-state index contributed by atoms with van der Waals surface area (Å²) in [5.41, 5.74) is 0.274. The van der Waals surface area contributed by atoms with Crippen molar-refractivity contribution in [2.45, 2.75) is 25.7 Å². The highest BCUT2D eigenvalue weighted by Gasteiger charge is 2.37. The first-order chi connectivity index (χ1) is 7.58. The Kier molecular flexibility index (Phi) is 3.69. The van der Waals surface area contributed by atoms with Crippen LogP contribution in [0.3, 0.4) is 0 Å². The van der Waals surface area contributed by atoms with Crippen LogP contribution in [0, 0.1) is 17.0 Å². The lowest BCUT2D eigenvalue weighted by atomic mass is 9.67. The van der Waals surface area contributed by atoms with E-state index in [9.17, 15) is 8.78 Å². The molecule has 0 aromatic heterocycles. The van der Waals surface area contributed by atoms with Crippen LogP contribution in [-0.4, -0.2) is 5.33 Å². The van der Waals surface area contributed by atoms with Gasteiger partial charge in [0, 0.05) is 10.9 Å². The van der Waals surface area contributed by atoms with Gasteiger partial charge in [-0.25, -0.2) is 8.78 Å². The Labute approximate surface area is 111 Å². The second-order valence-electron chi connectivity index (χ2n) is 4.49. The van der Waals surface area contributed by atoms with Gasteiger partial charge in [0.2, 0.25) is 0 Å². The number of hydrogen-bond acceptors (Lipinski definition) is 0. The Balaban J connectivity index is 2.30. The minimum Gasteiger partial charge on any atom is -0.207 e. The number of halogens is 4. The number of rotatable bonds is 3. The first-order valence-electron chi connectivity index (χ1n) is 5.26. The summed E-state index contributed by atoms with van der Waals surface area (Å²) in [7, 11) is 0. The van der Waals surface area contributed by atoms with Crippen molar-refractivity contribution in [3.05, 3.63) is 33.8 Å². The predicted molar refractivity (Wildman–Crippen MR) is 67.8 cm³/mol. The van der Waals surface area contributed by atoms with Gasteiger partial charge in [-0.3, -0.25) is 0 Å². The normalized spacial score (nSPS) is 18.2. The summed E-state index contributed by atoms with van der Waals surface area (Å²) >= 11 is 6.55. The van der Waals surface area contributed by atoms with Gasteiger partial charge in [-0.15, -0.1) is 0 Å². The van der Waals surface area contributed by atoms with Crippen LogP contribution in [-0.2, 0) is 6.42 Å². The van der Waals surface area contributed by atoms with Crippen LogP contribution in [0.15, 0.2) is 16.6 Å². The van der Waals surface area contributed by atoms with Gasteiger partial charge in [-0.1, -0.05) is 22.4 Å². The molecule has 0 amide bonds. The zero-order chi connectivity index (χ0) is 11.8. The molecule has 1 aliphatic rings. The van der Waals surface area contributed by atoms with Crippen molar-refractivity contribution in [2.24, 2.45) is 5.41 Å². The largest absolute Gasteiger partial charge is 0.207 e. The third kappa shape index (κ3) is 2.19. The van der Waals surface area contributed by atoms with Gasteiger partial charge < -0.3 is 0 Å². The Hall–Kier alpha value is 0.0400. The summed E-state index contributed by atoms with van der Waals surface area (Å²) in [4.78, 5) is 0. The molecule has 1 fully saturated rings. The summed E-state index contributed by atoms with van der Waals surface area (Å²) < 4.78 is 27.7. The van der Waals surface area contributed by atoms with E-state index in [1.165, 1.54) is 12.1 Å². The van der Waals surface area contributed by atoms with Crippen LogP contribution in [0.5, 0.6) is 0 Å². The summed E-state index contributed by atoms with van der Waals surface area (Å²) in [6, 6.07) is 2.73. The molecule has 0 nitrogen and oxygen atoms in total. The van der Waals surface area contributed by atoms with Gasteiger partial charge in [0.05, 0.1) is 4.47 Å². The zero-order valence-corrected chi connectivity index (χ0v) is 11.9. The zero-order valence-electron chi connectivity index (χ0n) is 8.70. The third-order valence-electron chi connectivity index (χ3n) is 3.39. The fourth-order valence-electron chi connectivity index (χ4n) is 2.14. The maximum absolute atomic E-state index is 13.8. The lowest BCUT2D eigenvalue weighted by Gasteiger charge is -2.40. The fraction of sp³-hybridized carbons (Fsp3) is 0.500. The van der Waals surface area contributed by atoms with E-state index in [1.807, 2.05) is 0 Å². The van der Waals surface area contributed by atoms with Crippen molar-refractivity contribution < 1.29 is 8.78 Å². The SMILES string of the molecule is Fc1ccc(Br)c(F)c1CC1(CBr)CCC1. The van der Waals surface area contributed by atoms with Crippen molar-refractivity contribution in [1.82, 2.24) is 0 Å². The maximum atomic E-state index is 13.8. The number of alkyl halides is 1. The van der Waals surface area contributed by atoms with Crippen LogP contribution in [0.1, 0.15) is 24.8 Å².